The maximum absolute atomic E-state index is 5.08. The van der Waals surface area contributed by atoms with E-state index in [-0.39, 0.29) is 14.6 Å². The van der Waals surface area contributed by atoms with Gasteiger partial charge in [0, 0.05) is 0 Å². The number of para-hydroxylation sites is 4. The topological polar surface area (TPSA) is 60.4 Å². The van der Waals surface area contributed by atoms with Crippen molar-refractivity contribution in [2.75, 3.05) is 0 Å². The Kier molecular flexibility index (Phi) is 5.78. The van der Waals surface area contributed by atoms with Crippen molar-refractivity contribution in [3.8, 4) is 32.3 Å². The molecular weight excluding hydrogens is 716 g/mol. The standard InChI is InChI=1S/C38H20N6S3Se/c1-3-11-21(12-4-1)43-25-17-9-7-15-23(25)37-27(43)19-29(45-37)31-33-34(40-47-39-33)32(36-35(31)41-48-42-36)30-20-28-38(46-30)24-16-8-10-18-26(24)44(28)22-13-5-2-6-14-22/h1-20H. The zero-order chi connectivity index (χ0) is 31.3. The Balaban J connectivity index is 1.17. The normalized spacial score (nSPS) is 12.7. The zero-order valence-corrected chi connectivity index (χ0v) is 29.0. The van der Waals surface area contributed by atoms with Gasteiger partial charge in [-0.15, -0.1) is 0 Å². The molecule has 0 N–H and O–H groups in total. The summed E-state index contributed by atoms with van der Waals surface area (Å²) in [6, 6.07) is 43.2. The minimum atomic E-state index is -0.237. The van der Waals surface area contributed by atoms with Gasteiger partial charge in [0.1, 0.15) is 0 Å². The predicted molar refractivity (Wildman–Crippen MR) is 203 cm³/mol. The van der Waals surface area contributed by atoms with Crippen LogP contribution >= 0.6 is 34.4 Å². The molecule has 0 amide bonds. The van der Waals surface area contributed by atoms with Gasteiger partial charge in [-0.2, -0.15) is 0 Å². The molecule has 0 atom stereocenters. The molecular formula is C38H20N6S3Se. The third kappa shape index (κ3) is 3.72. The van der Waals surface area contributed by atoms with Crippen LogP contribution in [0.15, 0.2) is 129 Å². The van der Waals surface area contributed by atoms with Crippen molar-refractivity contribution in [1.82, 2.24) is 17.9 Å². The van der Waals surface area contributed by atoms with E-state index in [2.05, 4.69) is 130 Å². The number of thiophene rings is 2. The Labute approximate surface area is 291 Å². The summed E-state index contributed by atoms with van der Waals surface area (Å²) in [5.41, 5.74) is 12.9. The van der Waals surface area contributed by atoms with E-state index in [0.29, 0.717) is 0 Å². The van der Waals surface area contributed by atoms with Gasteiger partial charge in [0.15, 0.2) is 0 Å². The van der Waals surface area contributed by atoms with Gasteiger partial charge in [0.05, 0.1) is 0 Å². The van der Waals surface area contributed by atoms with Gasteiger partial charge >= 0.3 is 293 Å². The Hall–Kier alpha value is -4.96. The molecule has 0 fully saturated rings. The molecule has 0 aliphatic carbocycles. The van der Waals surface area contributed by atoms with E-state index in [1.807, 2.05) is 22.7 Å². The van der Waals surface area contributed by atoms with Crippen LogP contribution in [0.4, 0.5) is 11.4 Å². The molecule has 6 nitrogen and oxygen atoms in total. The molecule has 10 aromatic rings. The van der Waals surface area contributed by atoms with Crippen molar-refractivity contribution in [1.29, 1.82) is 0 Å². The van der Waals surface area contributed by atoms with Crippen LogP contribution in [-0.4, -0.2) is 32.4 Å². The first-order valence-corrected chi connectivity index (χ1v) is 19.3. The molecule has 11 rings (SSSR count). The van der Waals surface area contributed by atoms with Crippen molar-refractivity contribution < 1.29 is 0 Å². The third-order valence-electron chi connectivity index (χ3n) is 9.13. The molecule has 0 radical (unpaired) electrons. The second kappa shape index (κ2) is 10.3. The molecule has 6 heterocycles. The fourth-order valence-corrected chi connectivity index (χ4v) is 11.3. The molecule has 1 aliphatic rings. The van der Waals surface area contributed by atoms with Crippen LogP contribution in [-0.2, 0) is 0 Å². The minimum absolute atomic E-state index is 0.237. The second-order valence-corrected chi connectivity index (χ2v) is 15.4. The quantitative estimate of drug-likeness (QED) is 0.169. The molecule has 0 spiro atoms. The first kappa shape index (κ1) is 27.0. The molecule has 5 aromatic heterocycles. The zero-order valence-electron chi connectivity index (χ0n) is 24.9. The summed E-state index contributed by atoms with van der Waals surface area (Å²) < 4.78 is 27.3. The first-order valence-electron chi connectivity index (χ1n) is 15.4. The van der Waals surface area contributed by atoms with Crippen molar-refractivity contribution in [3.05, 3.63) is 121 Å². The maximum atomic E-state index is 5.08. The molecule has 0 bridgehead atoms. The van der Waals surface area contributed by atoms with Crippen molar-refractivity contribution >= 4 is 114 Å². The van der Waals surface area contributed by atoms with Crippen LogP contribution in [0.1, 0.15) is 0 Å². The summed E-state index contributed by atoms with van der Waals surface area (Å²) in [5, 5.41) is 2.49. The van der Waals surface area contributed by atoms with Gasteiger partial charge in [-0.3, -0.25) is 0 Å². The van der Waals surface area contributed by atoms with E-state index in [0.717, 1.165) is 54.7 Å². The van der Waals surface area contributed by atoms with Crippen LogP contribution in [0.25, 0.3) is 85.5 Å². The van der Waals surface area contributed by atoms with Gasteiger partial charge in [-0.25, -0.2) is 0 Å². The van der Waals surface area contributed by atoms with Crippen LogP contribution < -0.4 is 0 Å². The number of aromatic nitrogens is 4. The Bertz CT molecular complexity index is 2800. The van der Waals surface area contributed by atoms with E-state index >= 15 is 0 Å². The van der Waals surface area contributed by atoms with Crippen molar-refractivity contribution in [2.45, 2.75) is 0 Å². The summed E-state index contributed by atoms with van der Waals surface area (Å²) in [5.74, 6) is 0. The summed E-state index contributed by atoms with van der Waals surface area (Å²) in [6.07, 6.45) is 0. The van der Waals surface area contributed by atoms with Gasteiger partial charge in [0.25, 0.3) is 0 Å². The molecule has 0 unspecified atom stereocenters. The Morgan fingerprint density at radius 3 is 1.40 bits per heavy atom. The van der Waals surface area contributed by atoms with Crippen LogP contribution in [0.5, 0.6) is 0 Å². The number of benzene rings is 5. The first-order chi connectivity index (χ1) is 23.8. The van der Waals surface area contributed by atoms with Gasteiger partial charge in [0.2, 0.25) is 0 Å². The average Bonchev–Trinajstić information content (AvgIpc) is 3.98. The van der Waals surface area contributed by atoms with Gasteiger partial charge in [-0.1, -0.05) is 0 Å². The summed E-state index contributed by atoms with van der Waals surface area (Å²) in [6.45, 7) is 0. The predicted octanol–water partition coefficient (Wildman–Crippen LogP) is 11.7. The van der Waals surface area contributed by atoms with E-state index in [1.165, 1.54) is 54.0 Å². The number of fused-ring (bicyclic) bond motifs is 8. The summed E-state index contributed by atoms with van der Waals surface area (Å²) in [4.78, 5) is 2.29. The van der Waals surface area contributed by atoms with Gasteiger partial charge < -0.3 is 0 Å². The monoisotopic (exact) mass is 736 g/mol. The SMILES string of the molecule is c1ccc(-n2c3ccccc3c3sc(-c4c5c(c(-c6cc7c(s6)c6ccccc6n7-c6ccccc6)c6nsnc46)N=[Se]=N5)cc32)cc1. The number of nitrogens with zero attached hydrogens (tertiary/aromatic N) is 6. The fourth-order valence-electron chi connectivity index (χ4n) is 7.14. The summed E-state index contributed by atoms with van der Waals surface area (Å²) in [7, 11) is 0. The molecule has 1 aliphatic heterocycles. The van der Waals surface area contributed by atoms with E-state index in [1.54, 1.807) is 0 Å². The van der Waals surface area contributed by atoms with E-state index in [9.17, 15) is 0 Å². The van der Waals surface area contributed by atoms with Crippen molar-refractivity contribution in [2.24, 2.45) is 7.92 Å². The Morgan fingerprint density at radius 2 is 0.917 bits per heavy atom. The number of hydrogen-bond acceptors (Lipinski definition) is 7. The molecule has 0 saturated carbocycles. The van der Waals surface area contributed by atoms with Crippen LogP contribution in [0, 0.1) is 0 Å². The summed E-state index contributed by atoms with van der Waals surface area (Å²) >= 11 is 4.65. The van der Waals surface area contributed by atoms with Gasteiger partial charge in [-0.05, 0) is 0 Å². The number of rotatable bonds is 4. The van der Waals surface area contributed by atoms with Crippen LogP contribution in [0.3, 0.4) is 0 Å². The molecule has 10 heteroatoms. The fraction of sp³-hybridized carbons (Fsp3) is 0. The van der Waals surface area contributed by atoms with E-state index < -0.39 is 0 Å². The second-order valence-electron chi connectivity index (χ2n) is 11.7. The van der Waals surface area contributed by atoms with Crippen LogP contribution in [0.2, 0.25) is 0 Å². The van der Waals surface area contributed by atoms with E-state index in [4.69, 9.17) is 16.7 Å². The molecule has 0 saturated heterocycles. The van der Waals surface area contributed by atoms with Crippen molar-refractivity contribution in [3.63, 3.8) is 0 Å². The molecule has 5 aromatic carbocycles. The Morgan fingerprint density at radius 1 is 0.479 bits per heavy atom. The number of hydrogen-bond donors (Lipinski definition) is 0. The third-order valence-corrected chi connectivity index (χ3v) is 13.1. The molecule has 48 heavy (non-hydrogen) atoms. The average molecular weight is 736 g/mol. The molecule has 226 valence electrons.